The molecule has 0 spiro atoms. The number of quaternary nitrogens is 2. The van der Waals surface area contributed by atoms with Crippen molar-refractivity contribution < 1.29 is 14.6 Å². The first kappa shape index (κ1) is 20.1. The Morgan fingerprint density at radius 1 is 1.00 bits per heavy atom. The number of carbonyl (C=O) groups excluding carboxylic acids is 1. The number of para-hydroxylation sites is 1. The SMILES string of the molecule is C[C@H](C(=O)Nc1ccccc1C#N)[NH+]1CC[NH+](Cc2cccc3ccccc23)CC1. The van der Waals surface area contributed by atoms with E-state index in [1.54, 1.807) is 23.1 Å². The van der Waals surface area contributed by atoms with Crippen LogP contribution in [0.2, 0.25) is 0 Å². The number of amides is 1. The molecule has 0 unspecified atom stereocenters. The van der Waals surface area contributed by atoms with Crippen molar-refractivity contribution in [2.45, 2.75) is 19.5 Å². The lowest BCUT2D eigenvalue weighted by molar-refractivity contribution is -1.02. The normalized spacial score (nSPS) is 19.7. The monoisotopic (exact) mass is 400 g/mol. The Kier molecular flexibility index (Phi) is 6.08. The van der Waals surface area contributed by atoms with Crippen LogP contribution in [0.3, 0.4) is 0 Å². The fourth-order valence-corrected chi connectivity index (χ4v) is 4.37. The summed E-state index contributed by atoms with van der Waals surface area (Å²) < 4.78 is 0. The standard InChI is InChI=1S/C25H26N4O/c1-19(25(30)27-24-12-5-3-8-21(24)17-26)29-15-13-28(14-16-29)18-22-10-6-9-20-7-2-4-11-23(20)22/h2-12,19H,13-16,18H2,1H3,(H,27,30)/p+2/t19-/m1/s1. The van der Waals surface area contributed by atoms with Crippen LogP contribution in [-0.2, 0) is 11.3 Å². The highest BCUT2D eigenvalue weighted by Gasteiger charge is 2.31. The molecule has 1 amide bonds. The highest BCUT2D eigenvalue weighted by Crippen LogP contribution is 2.17. The number of nitrogens with one attached hydrogen (secondary N) is 3. The molecule has 0 aliphatic carbocycles. The van der Waals surface area contributed by atoms with Crippen LogP contribution < -0.4 is 15.1 Å². The van der Waals surface area contributed by atoms with Crippen LogP contribution >= 0.6 is 0 Å². The summed E-state index contributed by atoms with van der Waals surface area (Å²) in [6, 6.07) is 24.3. The van der Waals surface area contributed by atoms with Crippen LogP contribution in [0.25, 0.3) is 10.8 Å². The molecular weight excluding hydrogens is 372 g/mol. The van der Waals surface area contributed by atoms with Crippen LogP contribution in [0.1, 0.15) is 18.1 Å². The van der Waals surface area contributed by atoms with E-state index in [9.17, 15) is 10.1 Å². The molecule has 0 bridgehead atoms. The van der Waals surface area contributed by atoms with Gasteiger partial charge < -0.3 is 15.1 Å². The maximum Gasteiger partial charge on any atom is 0.282 e. The minimum Gasteiger partial charge on any atom is -0.322 e. The van der Waals surface area contributed by atoms with Crippen molar-refractivity contribution in [1.29, 1.82) is 5.26 Å². The zero-order valence-electron chi connectivity index (χ0n) is 17.3. The average molecular weight is 401 g/mol. The van der Waals surface area contributed by atoms with Crippen molar-refractivity contribution >= 4 is 22.4 Å². The molecule has 1 aliphatic rings. The van der Waals surface area contributed by atoms with Gasteiger partial charge in [0.1, 0.15) is 38.8 Å². The number of hydrogen-bond donors (Lipinski definition) is 3. The molecule has 1 atom stereocenters. The van der Waals surface area contributed by atoms with Crippen molar-refractivity contribution in [3.63, 3.8) is 0 Å². The molecule has 3 aromatic rings. The largest absolute Gasteiger partial charge is 0.322 e. The van der Waals surface area contributed by atoms with Crippen molar-refractivity contribution in [1.82, 2.24) is 0 Å². The summed E-state index contributed by atoms with van der Waals surface area (Å²) in [7, 11) is 0. The van der Waals surface area contributed by atoms with E-state index in [0.29, 0.717) is 11.3 Å². The third-order valence-electron chi connectivity index (χ3n) is 6.23. The van der Waals surface area contributed by atoms with Crippen LogP contribution in [-0.4, -0.2) is 38.1 Å². The summed E-state index contributed by atoms with van der Waals surface area (Å²) in [4.78, 5) is 15.6. The number of rotatable bonds is 5. The minimum absolute atomic E-state index is 0.0230. The van der Waals surface area contributed by atoms with Crippen LogP contribution in [0.4, 0.5) is 5.69 Å². The lowest BCUT2D eigenvalue weighted by Gasteiger charge is -2.32. The molecule has 0 radical (unpaired) electrons. The third-order valence-corrected chi connectivity index (χ3v) is 6.23. The van der Waals surface area contributed by atoms with E-state index in [0.717, 1.165) is 32.7 Å². The first-order chi connectivity index (χ1) is 14.7. The molecule has 1 heterocycles. The summed E-state index contributed by atoms with van der Waals surface area (Å²) in [5.41, 5.74) is 2.49. The smallest absolute Gasteiger partial charge is 0.282 e. The van der Waals surface area contributed by atoms with Gasteiger partial charge in [0.05, 0.1) is 11.3 Å². The van der Waals surface area contributed by atoms with Gasteiger partial charge in [-0.25, -0.2) is 0 Å². The second kappa shape index (κ2) is 9.08. The van der Waals surface area contributed by atoms with E-state index in [-0.39, 0.29) is 11.9 Å². The molecular formula is C25H28N4O+2. The van der Waals surface area contributed by atoms with Gasteiger partial charge in [-0.05, 0) is 29.8 Å². The zero-order valence-corrected chi connectivity index (χ0v) is 17.3. The van der Waals surface area contributed by atoms with Gasteiger partial charge in [0.15, 0.2) is 6.04 Å². The molecule has 5 heteroatoms. The van der Waals surface area contributed by atoms with Crippen LogP contribution in [0.5, 0.6) is 0 Å². The Labute approximate surface area is 177 Å². The Morgan fingerprint density at radius 2 is 1.70 bits per heavy atom. The maximum absolute atomic E-state index is 12.8. The third kappa shape index (κ3) is 4.35. The van der Waals surface area contributed by atoms with Gasteiger partial charge in [-0.2, -0.15) is 5.26 Å². The van der Waals surface area contributed by atoms with Gasteiger partial charge in [-0.3, -0.25) is 4.79 Å². The second-order valence-corrected chi connectivity index (χ2v) is 8.09. The lowest BCUT2D eigenvalue weighted by atomic mass is 10.0. The second-order valence-electron chi connectivity index (χ2n) is 8.09. The molecule has 4 rings (SSSR count). The number of nitrogens with zero attached hydrogens (tertiary/aromatic N) is 1. The van der Waals surface area contributed by atoms with Gasteiger partial charge in [0.2, 0.25) is 0 Å². The number of benzene rings is 3. The van der Waals surface area contributed by atoms with Gasteiger partial charge in [0, 0.05) is 5.56 Å². The van der Waals surface area contributed by atoms with E-state index >= 15 is 0 Å². The summed E-state index contributed by atoms with van der Waals surface area (Å²) in [6.07, 6.45) is 0. The molecule has 1 saturated heterocycles. The highest BCUT2D eigenvalue weighted by atomic mass is 16.2. The van der Waals surface area contributed by atoms with Gasteiger partial charge >= 0.3 is 0 Å². The molecule has 0 aromatic heterocycles. The highest BCUT2D eigenvalue weighted by molar-refractivity contribution is 5.94. The molecule has 5 nitrogen and oxygen atoms in total. The van der Waals surface area contributed by atoms with E-state index in [4.69, 9.17) is 0 Å². The quantitative estimate of drug-likeness (QED) is 0.599. The van der Waals surface area contributed by atoms with Gasteiger partial charge in [0.25, 0.3) is 5.91 Å². The Hall–Kier alpha value is -3.20. The van der Waals surface area contributed by atoms with E-state index in [1.807, 2.05) is 13.0 Å². The maximum atomic E-state index is 12.8. The zero-order chi connectivity index (χ0) is 20.9. The number of nitriles is 1. The number of carbonyl (C=O) groups is 1. The Bertz CT molecular complexity index is 1070. The number of hydrogen-bond acceptors (Lipinski definition) is 2. The van der Waals surface area contributed by atoms with E-state index < -0.39 is 0 Å². The number of fused-ring (bicyclic) bond motifs is 1. The lowest BCUT2D eigenvalue weighted by Crippen LogP contribution is -3.29. The summed E-state index contributed by atoms with van der Waals surface area (Å²) in [5, 5.41) is 14.8. The first-order valence-electron chi connectivity index (χ1n) is 10.6. The fourth-order valence-electron chi connectivity index (χ4n) is 4.37. The van der Waals surface area contributed by atoms with Crippen molar-refractivity contribution in [3.8, 4) is 6.07 Å². The molecule has 1 aliphatic heterocycles. The molecule has 152 valence electrons. The average Bonchev–Trinajstić information content (AvgIpc) is 2.79. The minimum atomic E-state index is -0.143. The van der Waals surface area contributed by atoms with Crippen molar-refractivity contribution in [3.05, 3.63) is 77.9 Å². The van der Waals surface area contributed by atoms with Gasteiger partial charge in [-0.15, -0.1) is 0 Å². The van der Waals surface area contributed by atoms with E-state index in [2.05, 4.69) is 53.9 Å². The molecule has 3 N–H and O–H groups in total. The Balaban J connectivity index is 1.35. The molecule has 3 aromatic carbocycles. The fraction of sp³-hybridized carbons (Fsp3) is 0.280. The predicted molar refractivity (Wildman–Crippen MR) is 118 cm³/mol. The molecule has 0 saturated carbocycles. The van der Waals surface area contributed by atoms with Gasteiger partial charge in [-0.1, -0.05) is 54.6 Å². The topological polar surface area (TPSA) is 61.8 Å². The molecule has 30 heavy (non-hydrogen) atoms. The summed E-state index contributed by atoms with van der Waals surface area (Å²) >= 11 is 0. The van der Waals surface area contributed by atoms with Crippen LogP contribution in [0.15, 0.2) is 66.7 Å². The van der Waals surface area contributed by atoms with Crippen molar-refractivity contribution in [2.75, 3.05) is 31.5 Å². The summed E-state index contributed by atoms with van der Waals surface area (Å²) in [5.74, 6) is -0.0230. The number of piperazine rings is 1. The van der Waals surface area contributed by atoms with E-state index in [1.165, 1.54) is 21.2 Å². The predicted octanol–water partition coefficient (Wildman–Crippen LogP) is 1.02. The molecule has 1 fully saturated rings. The Morgan fingerprint density at radius 3 is 2.50 bits per heavy atom. The number of anilines is 1. The first-order valence-corrected chi connectivity index (χ1v) is 10.6. The van der Waals surface area contributed by atoms with Crippen molar-refractivity contribution in [2.24, 2.45) is 0 Å². The van der Waals surface area contributed by atoms with Crippen LogP contribution in [0, 0.1) is 11.3 Å². The summed E-state index contributed by atoms with van der Waals surface area (Å²) in [6.45, 7) is 7.03.